The number of aliphatic hydroxyl groups is 1. The van der Waals surface area contributed by atoms with Crippen LogP contribution >= 0.6 is 0 Å². The third-order valence-electron chi connectivity index (χ3n) is 1.36. The lowest BCUT2D eigenvalue weighted by molar-refractivity contribution is 0.317. The average molecular weight is 192 g/mol. The van der Waals surface area contributed by atoms with Crippen LogP contribution < -0.4 is 0 Å². The van der Waals surface area contributed by atoms with Crippen molar-refractivity contribution in [2.45, 2.75) is 13.3 Å². The van der Waals surface area contributed by atoms with E-state index in [9.17, 15) is 0 Å². The molecule has 0 fully saturated rings. The molecule has 4 heteroatoms. The summed E-state index contributed by atoms with van der Waals surface area (Å²) >= 11 is 0. The van der Waals surface area contributed by atoms with Gasteiger partial charge in [-0.2, -0.15) is 10.3 Å². The van der Waals surface area contributed by atoms with Crippen LogP contribution in [0.5, 0.6) is 0 Å². The number of ether oxygens (including phenoxy) is 1. The zero-order valence-electron chi connectivity index (χ0n) is 8.08. The molecule has 0 aromatic rings. The van der Waals surface area contributed by atoms with Gasteiger partial charge in [-0.15, -0.1) is 0 Å². The predicted molar refractivity (Wildman–Crippen MR) is 54.5 cm³/mol. The molecule has 0 saturated carbocycles. The van der Waals surface area contributed by atoms with Gasteiger partial charge in [0.25, 0.3) is 0 Å². The Kier molecular flexibility index (Phi) is 4.79. The largest absolute Gasteiger partial charge is 0.506 e. The Morgan fingerprint density at radius 3 is 2.43 bits per heavy atom. The second-order valence-corrected chi connectivity index (χ2v) is 2.42. The molecule has 74 valence electrons. The second-order valence-electron chi connectivity index (χ2n) is 2.42. The van der Waals surface area contributed by atoms with Gasteiger partial charge in [-0.05, 0) is 0 Å². The normalized spacial score (nSPS) is 10.1. The van der Waals surface area contributed by atoms with E-state index in [-0.39, 0.29) is 17.2 Å². The number of aliphatic imine (C=N–C) groups is 1. The van der Waals surface area contributed by atoms with Crippen molar-refractivity contribution < 1.29 is 9.84 Å². The molecule has 0 rings (SSSR count). The van der Waals surface area contributed by atoms with Gasteiger partial charge >= 0.3 is 0 Å². The van der Waals surface area contributed by atoms with Crippen molar-refractivity contribution in [3.8, 4) is 6.19 Å². The van der Waals surface area contributed by atoms with Gasteiger partial charge in [0.1, 0.15) is 11.5 Å². The third kappa shape index (κ3) is 3.59. The summed E-state index contributed by atoms with van der Waals surface area (Å²) in [5.41, 5.74) is -0.0675. The van der Waals surface area contributed by atoms with E-state index < -0.39 is 0 Å². The minimum absolute atomic E-state index is 0.0610. The first-order valence-corrected chi connectivity index (χ1v) is 3.92. The van der Waals surface area contributed by atoms with Crippen LogP contribution in [0.4, 0.5) is 0 Å². The van der Waals surface area contributed by atoms with Crippen molar-refractivity contribution in [1.29, 1.82) is 5.26 Å². The molecule has 0 spiro atoms. The summed E-state index contributed by atoms with van der Waals surface area (Å²) in [7, 11) is 0. The topological polar surface area (TPSA) is 65.6 Å². The number of rotatable bonds is 5. The first-order chi connectivity index (χ1) is 6.52. The molecular formula is C10H12N2O2. The van der Waals surface area contributed by atoms with Gasteiger partial charge in [0.2, 0.25) is 6.19 Å². The van der Waals surface area contributed by atoms with E-state index in [4.69, 9.17) is 15.1 Å². The quantitative estimate of drug-likeness (QED) is 0.413. The number of hydrogen-bond donors (Lipinski definition) is 1. The minimum atomic E-state index is -0.361. The zero-order chi connectivity index (χ0) is 11.1. The van der Waals surface area contributed by atoms with Crippen molar-refractivity contribution in [2.24, 2.45) is 4.99 Å². The average Bonchev–Trinajstić information content (AvgIpc) is 2.13. The van der Waals surface area contributed by atoms with Crippen LogP contribution in [0.25, 0.3) is 0 Å². The highest BCUT2D eigenvalue weighted by molar-refractivity contribution is 6.09. The van der Waals surface area contributed by atoms with Gasteiger partial charge in [0.05, 0.1) is 5.76 Å². The summed E-state index contributed by atoms with van der Waals surface area (Å²) in [6.07, 6.45) is 2.13. The zero-order valence-corrected chi connectivity index (χ0v) is 8.08. The molecule has 0 atom stereocenters. The minimum Gasteiger partial charge on any atom is -0.506 e. The van der Waals surface area contributed by atoms with Gasteiger partial charge in [-0.25, -0.2) is 0 Å². The van der Waals surface area contributed by atoms with Crippen LogP contribution in [-0.2, 0) is 4.74 Å². The molecule has 0 bridgehead atoms. The predicted octanol–water partition coefficient (Wildman–Crippen LogP) is 2.43. The van der Waals surface area contributed by atoms with Gasteiger partial charge < -0.3 is 9.84 Å². The van der Waals surface area contributed by atoms with Crippen LogP contribution in [0.3, 0.4) is 0 Å². The monoisotopic (exact) mass is 192 g/mol. The summed E-state index contributed by atoms with van der Waals surface area (Å²) < 4.78 is 5.08. The van der Waals surface area contributed by atoms with Gasteiger partial charge in [-0.3, -0.25) is 0 Å². The first kappa shape index (κ1) is 12.0. The third-order valence-corrected chi connectivity index (χ3v) is 1.36. The smallest absolute Gasteiger partial charge is 0.206 e. The Morgan fingerprint density at radius 1 is 1.50 bits per heavy atom. The highest BCUT2D eigenvalue weighted by Gasteiger charge is 2.10. The molecule has 0 aliphatic rings. The van der Waals surface area contributed by atoms with E-state index in [0.29, 0.717) is 12.2 Å². The molecular weight excluding hydrogens is 180 g/mol. The lowest BCUT2D eigenvalue weighted by Gasteiger charge is -2.09. The number of aliphatic hydroxyl groups excluding tert-OH is 1. The lowest BCUT2D eigenvalue weighted by Crippen LogP contribution is -2.07. The molecule has 0 unspecified atom stereocenters. The summed E-state index contributed by atoms with van der Waals surface area (Å²) in [4.78, 5) is 3.32. The fourth-order valence-corrected chi connectivity index (χ4v) is 0.633. The Labute approximate surface area is 83.2 Å². The van der Waals surface area contributed by atoms with E-state index in [1.165, 1.54) is 6.19 Å². The number of hydrogen-bond acceptors (Lipinski definition) is 4. The second kappa shape index (κ2) is 5.60. The maximum absolute atomic E-state index is 9.05. The van der Waals surface area contributed by atoms with Crippen molar-refractivity contribution in [3.63, 3.8) is 0 Å². The van der Waals surface area contributed by atoms with Crippen LogP contribution in [-0.4, -0.2) is 10.8 Å². The van der Waals surface area contributed by atoms with Crippen LogP contribution in [0.1, 0.15) is 13.3 Å². The summed E-state index contributed by atoms with van der Waals surface area (Å²) in [6, 6.07) is 0. The molecule has 0 amide bonds. The van der Waals surface area contributed by atoms with E-state index in [1.54, 1.807) is 0 Å². The van der Waals surface area contributed by atoms with Gasteiger partial charge in [0, 0.05) is 6.42 Å². The van der Waals surface area contributed by atoms with Gasteiger partial charge in [0.15, 0.2) is 5.71 Å². The van der Waals surface area contributed by atoms with Crippen molar-refractivity contribution in [2.75, 3.05) is 0 Å². The molecule has 0 heterocycles. The molecule has 0 radical (unpaired) electrons. The standard InChI is InChI=1S/C10H12N2O2/c1-5-7(2)14-9(4)10(8(3)13)12-6-11/h13H,2-5H2,1H3. The van der Waals surface area contributed by atoms with Crippen molar-refractivity contribution in [3.05, 3.63) is 37.0 Å². The maximum Gasteiger partial charge on any atom is 0.206 e. The highest BCUT2D eigenvalue weighted by atomic mass is 16.5. The van der Waals surface area contributed by atoms with E-state index in [2.05, 4.69) is 24.7 Å². The highest BCUT2D eigenvalue weighted by Crippen LogP contribution is 2.10. The summed E-state index contributed by atoms with van der Waals surface area (Å²) in [5, 5.41) is 17.4. The fraction of sp³-hybridized carbons (Fsp3) is 0.200. The molecule has 1 N–H and O–H groups in total. The molecule has 0 aromatic carbocycles. The number of allylic oxidation sites excluding steroid dienone is 1. The van der Waals surface area contributed by atoms with Crippen molar-refractivity contribution in [1.82, 2.24) is 0 Å². The number of nitriles is 1. The SMILES string of the molecule is C=C(CC)OC(=C)C(=NC#N)C(=C)O. The maximum atomic E-state index is 9.05. The number of nitrogens with zero attached hydrogens (tertiary/aromatic N) is 2. The Bertz CT molecular complexity index is 335. The molecule has 0 saturated heterocycles. The van der Waals surface area contributed by atoms with Gasteiger partial charge in [-0.1, -0.05) is 26.7 Å². The van der Waals surface area contributed by atoms with Crippen LogP contribution in [0, 0.1) is 11.5 Å². The molecule has 0 aliphatic heterocycles. The van der Waals surface area contributed by atoms with Crippen LogP contribution in [0.15, 0.2) is 42.0 Å². The van der Waals surface area contributed by atoms with Crippen LogP contribution in [0.2, 0.25) is 0 Å². The lowest BCUT2D eigenvalue weighted by atomic mass is 10.3. The van der Waals surface area contributed by atoms with E-state index >= 15 is 0 Å². The van der Waals surface area contributed by atoms with E-state index in [0.717, 1.165) is 0 Å². The summed E-state index contributed by atoms with van der Waals surface area (Å²) in [5.74, 6) is 0.174. The molecule has 0 aromatic heterocycles. The fourth-order valence-electron chi connectivity index (χ4n) is 0.633. The molecule has 0 aliphatic carbocycles. The molecule has 4 nitrogen and oxygen atoms in total. The molecule has 14 heavy (non-hydrogen) atoms. The summed E-state index contributed by atoms with van der Waals surface area (Å²) in [6.45, 7) is 12.2. The first-order valence-electron chi connectivity index (χ1n) is 3.92. The van der Waals surface area contributed by atoms with Crippen molar-refractivity contribution >= 4 is 5.71 Å². The Morgan fingerprint density at radius 2 is 2.07 bits per heavy atom. The Hall–Kier alpha value is -2.02. The Balaban J connectivity index is 4.65. The van der Waals surface area contributed by atoms with E-state index in [1.807, 2.05) is 6.92 Å².